The summed E-state index contributed by atoms with van der Waals surface area (Å²) in [7, 11) is -1.24. The first-order valence-corrected chi connectivity index (χ1v) is 7.93. The highest BCUT2D eigenvalue weighted by Crippen LogP contribution is 2.31. The first-order chi connectivity index (χ1) is 8.99. The zero-order valence-corrected chi connectivity index (χ0v) is 13.3. The second kappa shape index (κ2) is 6.44. The van der Waals surface area contributed by atoms with Crippen LogP contribution >= 0.6 is 11.3 Å². The molecule has 116 valence electrons. The molecular formula is C12H18F3NO2S2. The van der Waals surface area contributed by atoms with E-state index in [9.17, 15) is 17.4 Å². The Morgan fingerprint density at radius 3 is 2.45 bits per heavy atom. The second-order valence-electron chi connectivity index (χ2n) is 5.28. The molecule has 0 aliphatic carbocycles. The molecule has 0 radical (unpaired) electrons. The van der Waals surface area contributed by atoms with Gasteiger partial charge in [0.2, 0.25) is 0 Å². The molecule has 0 unspecified atom stereocenters. The van der Waals surface area contributed by atoms with Crippen LogP contribution in [0, 0.1) is 0 Å². The van der Waals surface area contributed by atoms with Crippen molar-refractivity contribution < 1.29 is 22.1 Å². The van der Waals surface area contributed by atoms with E-state index >= 15 is 0 Å². The predicted octanol–water partition coefficient (Wildman–Crippen LogP) is 3.80. The fourth-order valence-electron chi connectivity index (χ4n) is 1.19. The van der Waals surface area contributed by atoms with Crippen LogP contribution in [0.1, 0.15) is 38.6 Å². The molecular weight excluding hydrogens is 311 g/mol. The summed E-state index contributed by atoms with van der Waals surface area (Å²) < 4.78 is 55.2. The van der Waals surface area contributed by atoms with Crippen LogP contribution in [0.3, 0.4) is 0 Å². The van der Waals surface area contributed by atoms with Crippen LogP contribution < -0.4 is 9.46 Å². The molecule has 20 heavy (non-hydrogen) atoms. The summed E-state index contributed by atoms with van der Waals surface area (Å²) in [5, 5.41) is 0.201. The number of hydrogen-bond donors (Lipinski definition) is 1. The molecule has 0 aliphatic rings. The summed E-state index contributed by atoms with van der Waals surface area (Å²) in [4.78, 5) is 0.778. The highest BCUT2D eigenvalue weighted by atomic mass is 32.2. The molecule has 0 spiro atoms. The van der Waals surface area contributed by atoms with Crippen molar-refractivity contribution in [2.45, 2.75) is 44.7 Å². The molecule has 1 rings (SSSR count). The van der Waals surface area contributed by atoms with Gasteiger partial charge in [-0.15, -0.1) is 11.3 Å². The molecule has 3 nitrogen and oxygen atoms in total. The van der Waals surface area contributed by atoms with E-state index < -0.39 is 28.5 Å². The Kier molecular flexibility index (Phi) is 5.62. The van der Waals surface area contributed by atoms with Crippen molar-refractivity contribution in [1.29, 1.82) is 0 Å². The van der Waals surface area contributed by atoms with Crippen molar-refractivity contribution in [3.63, 3.8) is 0 Å². The van der Waals surface area contributed by atoms with Crippen molar-refractivity contribution >= 4 is 22.3 Å². The van der Waals surface area contributed by atoms with Gasteiger partial charge in [-0.05, 0) is 39.8 Å². The number of hydrogen-bond acceptors (Lipinski definition) is 3. The van der Waals surface area contributed by atoms with Gasteiger partial charge in [-0.3, -0.25) is 0 Å². The molecule has 0 amide bonds. The van der Waals surface area contributed by atoms with E-state index in [1.54, 1.807) is 6.07 Å². The molecule has 0 saturated heterocycles. The third-order valence-electron chi connectivity index (χ3n) is 2.25. The van der Waals surface area contributed by atoms with Gasteiger partial charge in [0.05, 0.1) is 21.8 Å². The molecule has 0 bridgehead atoms. The summed E-state index contributed by atoms with van der Waals surface area (Å²) in [5.74, 6) is 0. The summed E-state index contributed by atoms with van der Waals surface area (Å²) >= 11 is 1.12. The summed E-state index contributed by atoms with van der Waals surface area (Å²) in [6, 6.07) is 2.95. The maximum Gasteiger partial charge on any atom is 0.422 e. The molecule has 0 aromatic carbocycles. The maximum absolute atomic E-state index is 12.0. The van der Waals surface area contributed by atoms with E-state index in [-0.39, 0.29) is 11.1 Å². The van der Waals surface area contributed by atoms with Gasteiger partial charge in [0.1, 0.15) is 0 Å². The molecule has 1 N–H and O–H groups in total. The number of halogens is 3. The number of nitrogens with one attached hydrogen (secondary N) is 1. The zero-order chi connectivity index (χ0) is 15.6. The number of alkyl halides is 3. The second-order valence-corrected chi connectivity index (χ2v) is 8.36. The third kappa shape index (κ3) is 5.80. The van der Waals surface area contributed by atoms with Crippen LogP contribution in [0.2, 0.25) is 0 Å². The van der Waals surface area contributed by atoms with Gasteiger partial charge in [-0.25, -0.2) is 8.93 Å². The molecule has 8 heteroatoms. The van der Waals surface area contributed by atoms with Gasteiger partial charge in [0.15, 0.2) is 11.7 Å². The van der Waals surface area contributed by atoms with E-state index in [0.29, 0.717) is 0 Å². The average molecular weight is 329 g/mol. The van der Waals surface area contributed by atoms with E-state index in [4.69, 9.17) is 0 Å². The number of rotatable bonds is 5. The molecule has 0 fully saturated rings. The minimum Gasteiger partial charge on any atom is -0.475 e. The van der Waals surface area contributed by atoms with Crippen LogP contribution in [0.25, 0.3) is 0 Å². The number of thiophene rings is 1. The summed E-state index contributed by atoms with van der Waals surface area (Å²) in [6.07, 6.45) is -4.35. The van der Waals surface area contributed by atoms with Crippen molar-refractivity contribution in [3.8, 4) is 5.06 Å². The average Bonchev–Trinajstić information content (AvgIpc) is 2.72. The predicted molar refractivity (Wildman–Crippen MR) is 75.3 cm³/mol. The Labute approximate surface area is 123 Å². The lowest BCUT2D eigenvalue weighted by Crippen LogP contribution is -2.34. The lowest BCUT2D eigenvalue weighted by Gasteiger charge is -2.21. The highest BCUT2D eigenvalue weighted by Gasteiger charge is 2.29. The number of ether oxygens (including phenoxy) is 1. The van der Waals surface area contributed by atoms with Crippen molar-refractivity contribution in [1.82, 2.24) is 4.72 Å². The first-order valence-electron chi connectivity index (χ1n) is 5.96. The first kappa shape index (κ1) is 17.5. The van der Waals surface area contributed by atoms with E-state index in [1.807, 2.05) is 27.7 Å². The fourth-order valence-corrected chi connectivity index (χ4v) is 2.93. The van der Waals surface area contributed by atoms with Crippen LogP contribution in [0.4, 0.5) is 13.2 Å². The standard InChI is InChI=1S/C12H18F3NO2S2/c1-8(16-20(17)11(2,3)4)9-5-6-10(19-9)18-7-12(13,14)15/h5-6,8,16H,7H2,1-4H3/t8-,20+/m0/s1. The molecule has 1 aromatic rings. The van der Waals surface area contributed by atoms with Crippen LogP contribution in [-0.2, 0) is 11.0 Å². The Balaban J connectivity index is 2.60. The SMILES string of the molecule is C[C@H](N[S@](=O)C(C)(C)C)c1ccc(OCC(F)(F)F)s1. The molecule has 0 aliphatic heterocycles. The van der Waals surface area contributed by atoms with E-state index in [2.05, 4.69) is 9.46 Å². The van der Waals surface area contributed by atoms with Gasteiger partial charge in [0, 0.05) is 4.88 Å². The van der Waals surface area contributed by atoms with Gasteiger partial charge in [0.25, 0.3) is 0 Å². The van der Waals surface area contributed by atoms with Gasteiger partial charge in [-0.1, -0.05) is 0 Å². The Hall–Kier alpha value is -0.600. The van der Waals surface area contributed by atoms with Crippen molar-refractivity contribution in [2.75, 3.05) is 6.61 Å². The molecule has 0 saturated carbocycles. The topological polar surface area (TPSA) is 38.3 Å². The molecule has 2 atom stereocenters. The lowest BCUT2D eigenvalue weighted by atomic mass is 10.3. The molecule has 1 heterocycles. The van der Waals surface area contributed by atoms with E-state index in [1.165, 1.54) is 6.07 Å². The largest absolute Gasteiger partial charge is 0.475 e. The maximum atomic E-state index is 12.0. The van der Waals surface area contributed by atoms with Gasteiger partial charge >= 0.3 is 6.18 Å². The summed E-state index contributed by atoms with van der Waals surface area (Å²) in [6.45, 7) is 6.03. The minimum absolute atomic E-state index is 0.201. The lowest BCUT2D eigenvalue weighted by molar-refractivity contribution is -0.152. The van der Waals surface area contributed by atoms with Crippen molar-refractivity contribution in [3.05, 3.63) is 17.0 Å². The Morgan fingerprint density at radius 1 is 1.35 bits per heavy atom. The van der Waals surface area contributed by atoms with Crippen LogP contribution in [0.5, 0.6) is 5.06 Å². The van der Waals surface area contributed by atoms with Gasteiger partial charge < -0.3 is 4.74 Å². The quantitative estimate of drug-likeness (QED) is 0.892. The fraction of sp³-hybridized carbons (Fsp3) is 0.667. The Morgan fingerprint density at radius 2 is 1.95 bits per heavy atom. The smallest absolute Gasteiger partial charge is 0.422 e. The Bertz CT molecular complexity index is 466. The minimum atomic E-state index is -4.35. The highest BCUT2D eigenvalue weighted by molar-refractivity contribution is 7.84. The zero-order valence-electron chi connectivity index (χ0n) is 11.7. The summed E-state index contributed by atoms with van der Waals surface area (Å²) in [5.41, 5.74) is 0. The van der Waals surface area contributed by atoms with Crippen molar-refractivity contribution in [2.24, 2.45) is 0 Å². The molecule has 1 aromatic heterocycles. The van der Waals surface area contributed by atoms with Gasteiger partial charge in [-0.2, -0.15) is 13.2 Å². The van der Waals surface area contributed by atoms with Crippen LogP contribution in [0.15, 0.2) is 12.1 Å². The normalized spacial score (nSPS) is 15.9. The third-order valence-corrected chi connectivity index (χ3v) is 5.11. The van der Waals surface area contributed by atoms with E-state index in [0.717, 1.165) is 16.2 Å². The monoisotopic (exact) mass is 329 g/mol. The van der Waals surface area contributed by atoms with Crippen LogP contribution in [-0.4, -0.2) is 21.7 Å².